The number of hydrogen-bond donors (Lipinski definition) is 0. The van der Waals surface area contributed by atoms with Crippen LogP contribution in [0.4, 0.5) is 0 Å². The van der Waals surface area contributed by atoms with Crippen LogP contribution in [0, 0.1) is 0 Å². The number of ether oxygens (including phenoxy) is 3. The number of hydrogen-bond acceptors (Lipinski definition) is 6. The quantitative estimate of drug-likeness (QED) is 0.377. The molecule has 0 N–H and O–H groups in total. The molecule has 0 spiro atoms. The van der Waals surface area contributed by atoms with E-state index < -0.39 is 0 Å². The lowest BCUT2D eigenvalue weighted by Crippen LogP contribution is -2.22. The first kappa shape index (κ1) is 23.8. The van der Waals surface area contributed by atoms with Gasteiger partial charge in [-0.1, -0.05) is 29.3 Å². The summed E-state index contributed by atoms with van der Waals surface area (Å²) in [5, 5.41) is 5.01. The lowest BCUT2D eigenvalue weighted by molar-refractivity contribution is 0.218. The number of aromatic nitrogens is 2. The summed E-state index contributed by atoms with van der Waals surface area (Å²) in [4.78, 5) is 17.9. The van der Waals surface area contributed by atoms with E-state index in [-0.39, 0.29) is 11.7 Å². The fraction of sp³-hybridized carbons (Fsp3) is 0.375. The average Bonchev–Trinajstić information content (AvgIpc) is 2.77. The molecule has 0 bridgehead atoms. The zero-order chi connectivity index (χ0) is 23.3. The predicted molar refractivity (Wildman–Crippen MR) is 131 cm³/mol. The second-order valence-electron chi connectivity index (χ2n) is 7.58. The minimum Gasteiger partial charge on any atom is -0.493 e. The molecule has 0 amide bonds. The van der Waals surface area contributed by atoms with Crippen molar-refractivity contribution in [3.8, 4) is 17.2 Å². The molecular formula is C24H28BrN3O4. The first-order chi connectivity index (χ1) is 15.4. The zero-order valence-corrected chi connectivity index (χ0v) is 20.6. The van der Waals surface area contributed by atoms with Crippen LogP contribution in [-0.2, 0) is 6.42 Å². The molecule has 3 rings (SSSR count). The molecule has 0 radical (unpaired) electrons. The highest BCUT2D eigenvalue weighted by Crippen LogP contribution is 2.38. The third-order valence-electron chi connectivity index (χ3n) is 4.79. The van der Waals surface area contributed by atoms with Gasteiger partial charge in [0.05, 0.1) is 37.4 Å². The Morgan fingerprint density at radius 2 is 1.84 bits per heavy atom. The maximum Gasteiger partial charge on any atom is 0.282 e. The van der Waals surface area contributed by atoms with E-state index in [4.69, 9.17) is 19.2 Å². The van der Waals surface area contributed by atoms with Gasteiger partial charge in [0.25, 0.3) is 5.56 Å². The summed E-state index contributed by atoms with van der Waals surface area (Å²) in [6, 6.07) is 9.08. The van der Waals surface area contributed by atoms with Gasteiger partial charge in [0, 0.05) is 16.5 Å². The molecule has 1 heterocycles. The Balaban J connectivity index is 2.11. The first-order valence-electron chi connectivity index (χ1n) is 10.6. The third-order valence-corrected chi connectivity index (χ3v) is 5.28. The molecule has 2 aromatic carbocycles. The molecule has 0 aliphatic heterocycles. The molecule has 0 saturated heterocycles. The number of fused-ring (bicyclic) bond motifs is 1. The minimum atomic E-state index is -0.211. The number of methoxy groups -OCH3 is 2. The molecule has 0 aliphatic carbocycles. The molecular weight excluding hydrogens is 474 g/mol. The van der Waals surface area contributed by atoms with Gasteiger partial charge in [-0.05, 0) is 50.6 Å². The molecule has 0 unspecified atom stereocenters. The highest BCUT2D eigenvalue weighted by atomic mass is 79.9. The van der Waals surface area contributed by atoms with Crippen LogP contribution in [-0.4, -0.2) is 36.2 Å². The highest BCUT2D eigenvalue weighted by molar-refractivity contribution is 9.10. The number of nitrogens with zero attached hydrogens (tertiary/aromatic N) is 3. The van der Waals surface area contributed by atoms with Gasteiger partial charge >= 0.3 is 0 Å². The van der Waals surface area contributed by atoms with Gasteiger partial charge < -0.3 is 14.2 Å². The summed E-state index contributed by atoms with van der Waals surface area (Å²) >= 11 is 3.43. The fourth-order valence-electron chi connectivity index (χ4n) is 3.26. The Kier molecular flexibility index (Phi) is 7.90. The fourth-order valence-corrected chi connectivity index (χ4v) is 3.62. The molecule has 0 fully saturated rings. The Labute approximate surface area is 196 Å². The SMILES string of the molecule is CCCCc1nc2ccc(Br)cc2c(=O)n1N=Cc1cc(OC)c(OC(C)C)c(OC)c1. The number of aryl methyl sites for hydroxylation is 1. The molecule has 7 nitrogen and oxygen atoms in total. The molecule has 3 aromatic rings. The number of unbranched alkanes of at least 4 members (excludes halogenated alkanes) is 1. The average molecular weight is 502 g/mol. The second kappa shape index (κ2) is 10.6. The van der Waals surface area contributed by atoms with Crippen LogP contribution in [0.25, 0.3) is 10.9 Å². The van der Waals surface area contributed by atoms with Gasteiger partial charge in [-0.15, -0.1) is 0 Å². The van der Waals surface area contributed by atoms with Gasteiger partial charge in [0.15, 0.2) is 11.5 Å². The smallest absolute Gasteiger partial charge is 0.282 e. The maximum absolute atomic E-state index is 13.2. The van der Waals surface area contributed by atoms with E-state index in [2.05, 4.69) is 28.0 Å². The number of halogens is 1. The van der Waals surface area contributed by atoms with Crippen LogP contribution in [0.1, 0.15) is 45.0 Å². The maximum atomic E-state index is 13.2. The molecule has 0 atom stereocenters. The molecule has 0 saturated carbocycles. The summed E-state index contributed by atoms with van der Waals surface area (Å²) in [6.45, 7) is 5.97. The molecule has 8 heteroatoms. The van der Waals surface area contributed by atoms with Crippen LogP contribution in [0.15, 0.2) is 44.7 Å². The summed E-state index contributed by atoms with van der Waals surface area (Å²) in [6.07, 6.45) is 4.12. The molecule has 1 aromatic heterocycles. The second-order valence-corrected chi connectivity index (χ2v) is 8.49. The monoisotopic (exact) mass is 501 g/mol. The minimum absolute atomic E-state index is 0.0417. The zero-order valence-electron chi connectivity index (χ0n) is 19.0. The van der Waals surface area contributed by atoms with E-state index in [9.17, 15) is 4.79 Å². The van der Waals surface area contributed by atoms with Crippen molar-refractivity contribution >= 4 is 33.0 Å². The first-order valence-corrected chi connectivity index (χ1v) is 11.4. The van der Waals surface area contributed by atoms with Crippen molar-refractivity contribution in [1.82, 2.24) is 9.66 Å². The summed E-state index contributed by atoms with van der Waals surface area (Å²) in [5.41, 5.74) is 1.16. The molecule has 32 heavy (non-hydrogen) atoms. The van der Waals surface area contributed by atoms with Crippen molar-refractivity contribution in [3.05, 3.63) is 56.5 Å². The Morgan fingerprint density at radius 3 is 2.44 bits per heavy atom. The molecule has 0 aliphatic rings. The van der Waals surface area contributed by atoms with Crippen molar-refractivity contribution in [2.45, 2.75) is 46.1 Å². The van der Waals surface area contributed by atoms with Crippen molar-refractivity contribution in [2.24, 2.45) is 5.10 Å². The van der Waals surface area contributed by atoms with E-state index in [1.54, 1.807) is 38.6 Å². The van der Waals surface area contributed by atoms with Crippen molar-refractivity contribution < 1.29 is 14.2 Å². The third kappa shape index (κ3) is 5.30. The van der Waals surface area contributed by atoms with Crippen molar-refractivity contribution in [1.29, 1.82) is 0 Å². The predicted octanol–water partition coefficient (Wildman–Crippen LogP) is 5.19. The van der Waals surface area contributed by atoms with Crippen molar-refractivity contribution in [3.63, 3.8) is 0 Å². The number of benzene rings is 2. The Hall–Kier alpha value is -2.87. The lowest BCUT2D eigenvalue weighted by Gasteiger charge is -2.17. The lowest BCUT2D eigenvalue weighted by atomic mass is 10.2. The summed E-state index contributed by atoms with van der Waals surface area (Å²) in [5.74, 6) is 2.21. The highest BCUT2D eigenvalue weighted by Gasteiger charge is 2.16. The van der Waals surface area contributed by atoms with Gasteiger partial charge in [-0.3, -0.25) is 4.79 Å². The van der Waals surface area contributed by atoms with E-state index in [1.165, 1.54) is 4.68 Å². The topological polar surface area (TPSA) is 74.9 Å². The van der Waals surface area contributed by atoms with Crippen LogP contribution in [0.2, 0.25) is 0 Å². The van der Waals surface area contributed by atoms with Gasteiger partial charge in [0.2, 0.25) is 5.75 Å². The summed E-state index contributed by atoms with van der Waals surface area (Å²) < 4.78 is 19.0. The van der Waals surface area contributed by atoms with E-state index >= 15 is 0 Å². The molecule has 170 valence electrons. The van der Waals surface area contributed by atoms with E-state index in [0.29, 0.717) is 46.0 Å². The number of rotatable bonds is 9. The van der Waals surface area contributed by atoms with Crippen molar-refractivity contribution in [2.75, 3.05) is 14.2 Å². The van der Waals surface area contributed by atoms with Gasteiger partial charge in [-0.25, -0.2) is 4.98 Å². The van der Waals surface area contributed by atoms with Gasteiger partial charge in [-0.2, -0.15) is 9.78 Å². The Morgan fingerprint density at radius 1 is 1.16 bits per heavy atom. The van der Waals surface area contributed by atoms with Crippen LogP contribution in [0.3, 0.4) is 0 Å². The summed E-state index contributed by atoms with van der Waals surface area (Å²) in [7, 11) is 3.14. The van der Waals surface area contributed by atoms with E-state index in [0.717, 1.165) is 17.3 Å². The van der Waals surface area contributed by atoms with E-state index in [1.807, 2.05) is 26.0 Å². The standard InChI is InChI=1S/C24H28BrN3O4/c1-6-7-8-22-27-19-10-9-17(25)13-18(19)24(29)28(22)26-14-16-11-20(30-4)23(32-15(2)3)21(12-16)31-5/h9-15H,6-8H2,1-5H3. The largest absolute Gasteiger partial charge is 0.493 e. The van der Waals surface area contributed by atoms with Crippen LogP contribution >= 0.6 is 15.9 Å². The van der Waals surface area contributed by atoms with Crippen LogP contribution < -0.4 is 19.8 Å². The Bertz CT molecular complexity index is 1160. The van der Waals surface area contributed by atoms with Crippen LogP contribution in [0.5, 0.6) is 17.2 Å². The normalized spacial score (nSPS) is 11.5. The van der Waals surface area contributed by atoms with Gasteiger partial charge in [0.1, 0.15) is 5.82 Å².